The molecule has 1 aromatic heterocycles. The Balaban J connectivity index is 2.22. The summed E-state index contributed by atoms with van der Waals surface area (Å²) in [5.74, 6) is 0.984. The first-order chi connectivity index (χ1) is 10.3. The van der Waals surface area contributed by atoms with Crippen molar-refractivity contribution in [3.63, 3.8) is 0 Å². The van der Waals surface area contributed by atoms with Gasteiger partial charge in [0.15, 0.2) is 0 Å². The van der Waals surface area contributed by atoms with Gasteiger partial charge < -0.3 is 5.32 Å². The van der Waals surface area contributed by atoms with Gasteiger partial charge in [-0.1, -0.05) is 45.0 Å². The summed E-state index contributed by atoms with van der Waals surface area (Å²) in [5.41, 5.74) is 2.79. The van der Waals surface area contributed by atoms with Crippen LogP contribution in [0.1, 0.15) is 63.7 Å². The third kappa shape index (κ3) is 3.74. The van der Waals surface area contributed by atoms with E-state index in [-0.39, 0.29) is 11.5 Å². The number of nitrogens with one attached hydrogen (secondary N) is 1. The fraction of sp³-hybridized carbons (Fsp3) is 0.556. The van der Waals surface area contributed by atoms with Gasteiger partial charge in [0.05, 0.1) is 6.54 Å². The molecule has 4 heteroatoms. The van der Waals surface area contributed by atoms with Gasteiger partial charge in [0, 0.05) is 12.1 Å². The van der Waals surface area contributed by atoms with Crippen molar-refractivity contribution in [3.8, 4) is 0 Å². The van der Waals surface area contributed by atoms with Crippen molar-refractivity contribution in [2.24, 2.45) is 5.41 Å². The van der Waals surface area contributed by atoms with Gasteiger partial charge in [0.25, 0.3) is 0 Å². The van der Waals surface area contributed by atoms with Gasteiger partial charge in [-0.05, 0) is 37.3 Å². The van der Waals surface area contributed by atoms with Crippen LogP contribution in [-0.2, 0) is 6.54 Å². The first-order valence-electron chi connectivity index (χ1n) is 7.98. The number of hydrogen-bond acceptors (Lipinski definition) is 3. The molecule has 4 nitrogen and oxygen atoms in total. The summed E-state index contributed by atoms with van der Waals surface area (Å²) < 4.78 is 1.98. The fourth-order valence-corrected chi connectivity index (χ4v) is 2.82. The second-order valence-corrected chi connectivity index (χ2v) is 7.25. The SMILES string of the molecule is Cc1ccccc1[C@H](NCc1ncnn1C(C)C)C(C)(C)C. The van der Waals surface area contributed by atoms with Crippen molar-refractivity contribution in [1.82, 2.24) is 20.1 Å². The van der Waals surface area contributed by atoms with Crippen molar-refractivity contribution in [2.45, 2.75) is 60.2 Å². The van der Waals surface area contributed by atoms with Gasteiger partial charge in [0.2, 0.25) is 0 Å². The predicted molar refractivity (Wildman–Crippen MR) is 90.6 cm³/mol. The second kappa shape index (κ2) is 6.61. The topological polar surface area (TPSA) is 42.7 Å². The Morgan fingerprint density at radius 1 is 1.18 bits per heavy atom. The standard InChI is InChI=1S/C18H28N4/c1-13(2)22-16(20-12-21-22)11-19-17(18(4,5)6)15-10-8-7-9-14(15)3/h7-10,12-13,17,19H,11H2,1-6H3/t17-/m0/s1. The van der Waals surface area contributed by atoms with Crippen molar-refractivity contribution >= 4 is 0 Å². The van der Waals surface area contributed by atoms with Crippen LogP contribution in [0.5, 0.6) is 0 Å². The highest BCUT2D eigenvalue weighted by molar-refractivity contribution is 5.30. The molecule has 0 unspecified atom stereocenters. The molecule has 0 fully saturated rings. The average Bonchev–Trinajstić information content (AvgIpc) is 2.88. The molecule has 22 heavy (non-hydrogen) atoms. The van der Waals surface area contributed by atoms with E-state index in [4.69, 9.17) is 0 Å². The molecule has 0 radical (unpaired) electrons. The van der Waals surface area contributed by atoms with Crippen LogP contribution in [0.3, 0.4) is 0 Å². The molecule has 0 saturated carbocycles. The fourth-order valence-electron chi connectivity index (χ4n) is 2.82. The van der Waals surface area contributed by atoms with Crippen LogP contribution in [0.25, 0.3) is 0 Å². The molecule has 1 atom stereocenters. The number of hydrogen-bond donors (Lipinski definition) is 1. The highest BCUT2D eigenvalue weighted by Gasteiger charge is 2.27. The minimum absolute atomic E-state index is 0.120. The lowest BCUT2D eigenvalue weighted by atomic mass is 9.81. The van der Waals surface area contributed by atoms with Gasteiger partial charge in [0.1, 0.15) is 12.2 Å². The molecule has 0 spiro atoms. The lowest BCUT2D eigenvalue weighted by Gasteiger charge is -2.33. The largest absolute Gasteiger partial charge is 0.302 e. The smallest absolute Gasteiger partial charge is 0.141 e. The quantitative estimate of drug-likeness (QED) is 0.906. The number of rotatable bonds is 5. The van der Waals surface area contributed by atoms with Crippen LogP contribution >= 0.6 is 0 Å². The van der Waals surface area contributed by atoms with Crippen molar-refractivity contribution in [3.05, 3.63) is 47.5 Å². The lowest BCUT2D eigenvalue weighted by molar-refractivity contribution is 0.266. The van der Waals surface area contributed by atoms with Crippen LogP contribution < -0.4 is 5.32 Å². The maximum atomic E-state index is 4.40. The van der Waals surface area contributed by atoms with Crippen LogP contribution in [0, 0.1) is 12.3 Å². The summed E-state index contributed by atoms with van der Waals surface area (Å²) >= 11 is 0. The summed E-state index contributed by atoms with van der Waals surface area (Å²) in [7, 11) is 0. The van der Waals surface area contributed by atoms with Gasteiger partial charge in [-0.25, -0.2) is 9.67 Å². The maximum Gasteiger partial charge on any atom is 0.141 e. The molecule has 0 aliphatic heterocycles. The van der Waals surface area contributed by atoms with E-state index in [1.807, 2.05) is 4.68 Å². The maximum absolute atomic E-state index is 4.40. The van der Waals surface area contributed by atoms with Crippen LogP contribution in [0.2, 0.25) is 0 Å². The Morgan fingerprint density at radius 3 is 2.45 bits per heavy atom. The Labute approximate surface area is 134 Å². The van der Waals surface area contributed by atoms with Crippen molar-refractivity contribution in [1.29, 1.82) is 0 Å². The second-order valence-electron chi connectivity index (χ2n) is 7.25. The molecular formula is C18H28N4. The minimum Gasteiger partial charge on any atom is -0.302 e. The van der Waals surface area contributed by atoms with Gasteiger partial charge in [-0.15, -0.1) is 0 Å². The van der Waals surface area contributed by atoms with E-state index >= 15 is 0 Å². The van der Waals surface area contributed by atoms with Gasteiger partial charge in [-0.3, -0.25) is 0 Å². The molecule has 0 aliphatic rings. The average molecular weight is 300 g/mol. The Bertz CT molecular complexity index is 608. The summed E-state index contributed by atoms with van der Waals surface area (Å²) in [5, 5.41) is 8.00. The molecule has 0 saturated heterocycles. The number of benzene rings is 1. The first-order valence-corrected chi connectivity index (χ1v) is 7.98. The van der Waals surface area contributed by atoms with Crippen LogP contribution in [-0.4, -0.2) is 14.8 Å². The molecule has 0 amide bonds. The zero-order chi connectivity index (χ0) is 16.3. The summed E-state index contributed by atoms with van der Waals surface area (Å²) in [6.45, 7) is 13.9. The molecule has 2 aromatic rings. The summed E-state index contributed by atoms with van der Waals surface area (Å²) in [4.78, 5) is 4.40. The van der Waals surface area contributed by atoms with E-state index in [2.05, 4.69) is 81.2 Å². The molecule has 2 rings (SSSR count). The summed E-state index contributed by atoms with van der Waals surface area (Å²) in [6, 6.07) is 9.18. The number of aromatic nitrogens is 3. The highest BCUT2D eigenvalue weighted by Crippen LogP contribution is 2.34. The molecular weight excluding hydrogens is 272 g/mol. The monoisotopic (exact) mass is 300 g/mol. The van der Waals surface area contributed by atoms with E-state index in [0.717, 1.165) is 5.82 Å². The lowest BCUT2D eigenvalue weighted by Crippen LogP contribution is -2.33. The van der Waals surface area contributed by atoms with Gasteiger partial charge in [-0.2, -0.15) is 5.10 Å². The van der Waals surface area contributed by atoms with E-state index in [0.29, 0.717) is 12.6 Å². The predicted octanol–water partition coefficient (Wildman–Crippen LogP) is 4.04. The first kappa shape index (κ1) is 16.7. The Morgan fingerprint density at radius 2 is 1.86 bits per heavy atom. The van der Waals surface area contributed by atoms with Crippen molar-refractivity contribution in [2.75, 3.05) is 0 Å². The molecule has 0 bridgehead atoms. The Hall–Kier alpha value is -1.68. The molecule has 0 aliphatic carbocycles. The third-order valence-corrected chi connectivity index (χ3v) is 3.97. The normalized spacial score (nSPS) is 13.6. The zero-order valence-corrected chi connectivity index (χ0v) is 14.6. The van der Waals surface area contributed by atoms with Crippen LogP contribution in [0.4, 0.5) is 0 Å². The molecule has 1 N–H and O–H groups in total. The van der Waals surface area contributed by atoms with Gasteiger partial charge >= 0.3 is 0 Å². The van der Waals surface area contributed by atoms with E-state index < -0.39 is 0 Å². The number of aryl methyl sites for hydroxylation is 1. The van der Waals surface area contributed by atoms with E-state index in [9.17, 15) is 0 Å². The van der Waals surface area contributed by atoms with Crippen LogP contribution in [0.15, 0.2) is 30.6 Å². The minimum atomic E-state index is 0.120. The Kier molecular flexibility index (Phi) is 5.01. The zero-order valence-electron chi connectivity index (χ0n) is 14.6. The van der Waals surface area contributed by atoms with Crippen molar-refractivity contribution < 1.29 is 0 Å². The molecule has 1 heterocycles. The van der Waals surface area contributed by atoms with E-state index in [1.54, 1.807) is 6.33 Å². The molecule has 120 valence electrons. The third-order valence-electron chi connectivity index (χ3n) is 3.97. The summed E-state index contributed by atoms with van der Waals surface area (Å²) in [6.07, 6.45) is 1.64. The van der Waals surface area contributed by atoms with E-state index in [1.165, 1.54) is 11.1 Å². The highest BCUT2D eigenvalue weighted by atomic mass is 15.4. The number of nitrogens with zero attached hydrogens (tertiary/aromatic N) is 3. The molecule has 1 aromatic carbocycles.